The van der Waals surface area contributed by atoms with E-state index in [9.17, 15) is 14.9 Å². The number of carbonyl (C=O) groups excluding carboxylic acids is 1. The lowest BCUT2D eigenvalue weighted by Crippen LogP contribution is -2.25. The predicted octanol–water partition coefficient (Wildman–Crippen LogP) is 2.04. The Labute approximate surface area is 118 Å². The molecule has 0 radical (unpaired) electrons. The number of benzene rings is 1. The van der Waals surface area contributed by atoms with Gasteiger partial charge in [0.15, 0.2) is 0 Å². The number of aliphatic hydroxyl groups excluding tert-OH is 1. The molecule has 1 atom stereocenters. The van der Waals surface area contributed by atoms with Crippen LogP contribution in [0.5, 0.6) is 0 Å². The molecule has 0 saturated heterocycles. The summed E-state index contributed by atoms with van der Waals surface area (Å²) in [5.41, 5.74) is 0.945. The van der Waals surface area contributed by atoms with Crippen LogP contribution in [-0.2, 0) is 0 Å². The van der Waals surface area contributed by atoms with E-state index in [0.717, 1.165) is 12.8 Å². The monoisotopic (exact) mass is 280 g/mol. The first kappa shape index (κ1) is 16.1. The summed E-state index contributed by atoms with van der Waals surface area (Å²) in [7, 11) is 0. The van der Waals surface area contributed by atoms with Gasteiger partial charge >= 0.3 is 0 Å². The third-order valence-corrected chi connectivity index (χ3v) is 3.15. The van der Waals surface area contributed by atoms with Crippen LogP contribution in [0, 0.1) is 23.0 Å². The number of non-ortho nitro benzene ring substituents is 1. The van der Waals surface area contributed by atoms with Crippen LogP contribution < -0.4 is 5.32 Å². The van der Waals surface area contributed by atoms with Crippen molar-refractivity contribution in [3.8, 4) is 0 Å². The number of nitrogens with zero attached hydrogens (tertiary/aromatic N) is 1. The highest BCUT2D eigenvalue weighted by Gasteiger charge is 2.14. The van der Waals surface area contributed by atoms with Crippen molar-refractivity contribution < 1.29 is 14.8 Å². The van der Waals surface area contributed by atoms with Crippen molar-refractivity contribution in [1.82, 2.24) is 5.32 Å². The lowest BCUT2D eigenvalue weighted by atomic mass is 10.1. The van der Waals surface area contributed by atoms with Gasteiger partial charge in [-0.1, -0.05) is 13.0 Å². The molecule has 0 saturated carbocycles. The Morgan fingerprint density at radius 2 is 2.20 bits per heavy atom. The molecule has 0 heterocycles. The highest BCUT2D eigenvalue weighted by atomic mass is 16.6. The summed E-state index contributed by atoms with van der Waals surface area (Å²) < 4.78 is 0. The van der Waals surface area contributed by atoms with Crippen LogP contribution in [0.15, 0.2) is 18.2 Å². The summed E-state index contributed by atoms with van der Waals surface area (Å²) in [6.07, 6.45) is 1.59. The fourth-order valence-electron chi connectivity index (χ4n) is 1.81. The summed E-state index contributed by atoms with van der Waals surface area (Å²) >= 11 is 0. The van der Waals surface area contributed by atoms with Gasteiger partial charge in [0.1, 0.15) is 0 Å². The van der Waals surface area contributed by atoms with Crippen molar-refractivity contribution in [1.29, 1.82) is 0 Å². The summed E-state index contributed by atoms with van der Waals surface area (Å²) in [5, 5.41) is 22.3. The number of rotatable bonds is 7. The molecule has 20 heavy (non-hydrogen) atoms. The maximum absolute atomic E-state index is 12.0. The molecule has 1 aromatic rings. The molecule has 1 unspecified atom stereocenters. The van der Waals surface area contributed by atoms with Gasteiger partial charge in [-0.3, -0.25) is 14.9 Å². The van der Waals surface area contributed by atoms with Gasteiger partial charge in [-0.05, 0) is 31.2 Å². The number of carbonyl (C=O) groups is 1. The van der Waals surface area contributed by atoms with Gasteiger partial charge in [0.25, 0.3) is 11.6 Å². The molecule has 0 aliphatic carbocycles. The van der Waals surface area contributed by atoms with Crippen molar-refractivity contribution in [3.63, 3.8) is 0 Å². The molecular weight excluding hydrogens is 260 g/mol. The molecule has 6 nitrogen and oxygen atoms in total. The van der Waals surface area contributed by atoms with E-state index in [1.165, 1.54) is 12.1 Å². The Balaban J connectivity index is 2.59. The fourth-order valence-corrected chi connectivity index (χ4v) is 1.81. The lowest BCUT2D eigenvalue weighted by Gasteiger charge is -2.09. The Hall–Kier alpha value is -1.95. The fraction of sp³-hybridized carbons (Fsp3) is 0.500. The number of aryl methyl sites for hydroxylation is 1. The summed E-state index contributed by atoms with van der Waals surface area (Å²) in [4.78, 5) is 22.2. The molecule has 0 aromatic heterocycles. The first-order valence-electron chi connectivity index (χ1n) is 6.59. The van der Waals surface area contributed by atoms with Gasteiger partial charge in [-0.15, -0.1) is 0 Å². The lowest BCUT2D eigenvalue weighted by molar-refractivity contribution is -0.384. The minimum absolute atomic E-state index is 0.0883. The number of hydrogen-bond donors (Lipinski definition) is 2. The van der Waals surface area contributed by atoms with E-state index in [1.807, 2.05) is 6.92 Å². The molecule has 0 spiro atoms. The smallest absolute Gasteiger partial charge is 0.270 e. The van der Waals surface area contributed by atoms with Gasteiger partial charge in [-0.2, -0.15) is 0 Å². The molecule has 1 rings (SSSR count). The maximum Gasteiger partial charge on any atom is 0.270 e. The second-order valence-corrected chi connectivity index (χ2v) is 4.94. The largest absolute Gasteiger partial charge is 0.396 e. The number of nitro benzene ring substituents is 1. The van der Waals surface area contributed by atoms with Crippen LogP contribution in [0.4, 0.5) is 5.69 Å². The van der Waals surface area contributed by atoms with Crippen LogP contribution in [0.1, 0.15) is 35.7 Å². The second kappa shape index (κ2) is 7.59. The van der Waals surface area contributed by atoms with E-state index in [-0.39, 0.29) is 24.1 Å². The van der Waals surface area contributed by atoms with E-state index in [4.69, 9.17) is 5.11 Å². The number of hydrogen-bond acceptors (Lipinski definition) is 4. The van der Waals surface area contributed by atoms with E-state index in [2.05, 4.69) is 5.32 Å². The van der Waals surface area contributed by atoms with Crippen LogP contribution in [0.3, 0.4) is 0 Å². The van der Waals surface area contributed by atoms with Crippen molar-refractivity contribution in [2.45, 2.75) is 26.7 Å². The van der Waals surface area contributed by atoms with Crippen molar-refractivity contribution in [2.75, 3.05) is 13.2 Å². The Bertz CT molecular complexity index is 488. The van der Waals surface area contributed by atoms with Gasteiger partial charge < -0.3 is 10.4 Å². The molecule has 1 amide bonds. The quantitative estimate of drug-likeness (QED) is 0.454. The summed E-state index contributed by atoms with van der Waals surface area (Å²) in [6, 6.07) is 4.25. The van der Waals surface area contributed by atoms with Gasteiger partial charge in [0.2, 0.25) is 0 Å². The predicted molar refractivity (Wildman–Crippen MR) is 75.7 cm³/mol. The highest BCUT2D eigenvalue weighted by Crippen LogP contribution is 2.17. The van der Waals surface area contributed by atoms with E-state index in [1.54, 1.807) is 13.0 Å². The molecule has 2 N–H and O–H groups in total. The van der Waals surface area contributed by atoms with Gasteiger partial charge in [-0.25, -0.2) is 0 Å². The van der Waals surface area contributed by atoms with Crippen molar-refractivity contribution in [2.24, 2.45) is 5.92 Å². The third-order valence-electron chi connectivity index (χ3n) is 3.15. The Morgan fingerprint density at radius 1 is 1.50 bits per heavy atom. The number of aliphatic hydroxyl groups is 1. The summed E-state index contributed by atoms with van der Waals surface area (Å²) in [5.74, 6) is -0.0886. The van der Waals surface area contributed by atoms with E-state index >= 15 is 0 Å². The SMILES string of the molecule is Cc1ccc([N+](=O)[O-])cc1C(=O)NCCCC(C)CO. The molecular formula is C14H20N2O4. The average molecular weight is 280 g/mol. The maximum atomic E-state index is 12.0. The van der Waals surface area contributed by atoms with E-state index in [0.29, 0.717) is 17.7 Å². The number of nitro groups is 1. The zero-order valence-corrected chi connectivity index (χ0v) is 11.8. The van der Waals surface area contributed by atoms with Crippen LogP contribution in [0.2, 0.25) is 0 Å². The topological polar surface area (TPSA) is 92.5 Å². The van der Waals surface area contributed by atoms with Crippen molar-refractivity contribution >= 4 is 11.6 Å². The summed E-state index contributed by atoms with van der Waals surface area (Å²) in [6.45, 7) is 4.31. The van der Waals surface area contributed by atoms with Gasteiger partial charge in [0, 0.05) is 30.8 Å². The molecule has 0 aliphatic rings. The minimum atomic E-state index is -0.515. The Kier molecular flexibility index (Phi) is 6.11. The molecule has 0 fully saturated rings. The van der Waals surface area contributed by atoms with Crippen LogP contribution in [-0.4, -0.2) is 29.1 Å². The first-order chi connectivity index (χ1) is 9.45. The number of amides is 1. The standard InChI is InChI=1S/C14H20N2O4/c1-10(9-17)4-3-7-15-14(18)13-8-12(16(19)20)6-5-11(13)2/h5-6,8,10,17H,3-4,7,9H2,1-2H3,(H,15,18). The van der Waals surface area contributed by atoms with Gasteiger partial charge in [0.05, 0.1) is 4.92 Å². The zero-order chi connectivity index (χ0) is 15.1. The second-order valence-electron chi connectivity index (χ2n) is 4.94. The molecule has 6 heteroatoms. The molecule has 0 bridgehead atoms. The highest BCUT2D eigenvalue weighted by molar-refractivity contribution is 5.96. The molecule has 1 aromatic carbocycles. The number of nitrogens with one attached hydrogen (secondary N) is 1. The Morgan fingerprint density at radius 3 is 2.80 bits per heavy atom. The van der Waals surface area contributed by atoms with E-state index < -0.39 is 4.92 Å². The average Bonchev–Trinajstić information content (AvgIpc) is 2.43. The van der Waals surface area contributed by atoms with Crippen molar-refractivity contribution in [3.05, 3.63) is 39.4 Å². The molecule has 0 aliphatic heterocycles. The third kappa shape index (κ3) is 4.62. The van der Waals surface area contributed by atoms with Crippen LogP contribution in [0.25, 0.3) is 0 Å². The minimum Gasteiger partial charge on any atom is -0.396 e. The van der Waals surface area contributed by atoms with Crippen LogP contribution >= 0.6 is 0 Å². The molecule has 110 valence electrons. The normalized spacial score (nSPS) is 11.9. The zero-order valence-electron chi connectivity index (χ0n) is 11.8. The first-order valence-corrected chi connectivity index (χ1v) is 6.59.